The van der Waals surface area contributed by atoms with E-state index in [1.165, 1.54) is 22.3 Å². The van der Waals surface area contributed by atoms with E-state index in [1.54, 1.807) is 0 Å². The highest BCUT2D eigenvalue weighted by molar-refractivity contribution is 6.09. The molecule has 0 saturated heterocycles. The summed E-state index contributed by atoms with van der Waals surface area (Å²) in [6, 6.07) is 42.3. The van der Waals surface area contributed by atoms with Crippen LogP contribution >= 0.6 is 0 Å². The Balaban J connectivity index is 1.15. The van der Waals surface area contributed by atoms with Gasteiger partial charge in [-0.05, 0) is 76.9 Å². The predicted molar refractivity (Wildman–Crippen MR) is 183 cm³/mol. The van der Waals surface area contributed by atoms with Crippen molar-refractivity contribution >= 4 is 54.8 Å². The van der Waals surface area contributed by atoms with Gasteiger partial charge in [-0.3, -0.25) is 0 Å². The van der Waals surface area contributed by atoms with Crippen LogP contribution in [0, 0.1) is 0 Å². The monoisotopic (exact) mass is 578 g/mol. The fourth-order valence-electron chi connectivity index (χ4n) is 7.41. The summed E-state index contributed by atoms with van der Waals surface area (Å²) in [7, 11) is 0. The molecule has 6 aromatic carbocycles. The van der Waals surface area contributed by atoms with Crippen LogP contribution in [-0.2, 0) is 5.41 Å². The minimum atomic E-state index is -0.0780. The number of furan rings is 2. The van der Waals surface area contributed by atoms with E-state index < -0.39 is 0 Å². The SMILES string of the molecule is CC1(C)c2ccccc2-c2cc3c(cc21)oc1cc(-c2nc(-c4ccc5oc6ccccc6c5c4)c4ccccc4n2)ccc13. The van der Waals surface area contributed by atoms with E-state index in [-0.39, 0.29) is 5.41 Å². The number of benzene rings is 6. The molecular weight excluding hydrogens is 552 g/mol. The number of hydrogen-bond acceptors (Lipinski definition) is 4. The van der Waals surface area contributed by atoms with Crippen LogP contribution in [0.4, 0.5) is 0 Å². The van der Waals surface area contributed by atoms with E-state index in [0.29, 0.717) is 5.82 Å². The van der Waals surface area contributed by atoms with Gasteiger partial charge in [0, 0.05) is 43.5 Å². The number of nitrogens with zero attached hydrogens (tertiary/aromatic N) is 2. The molecule has 1 aliphatic carbocycles. The predicted octanol–water partition coefficient (Wildman–Crippen LogP) is 11.1. The van der Waals surface area contributed by atoms with Crippen molar-refractivity contribution in [2.45, 2.75) is 19.3 Å². The van der Waals surface area contributed by atoms with Crippen LogP contribution in [0.5, 0.6) is 0 Å². The standard InChI is InChI=1S/C41H26N2O2/c1-41(2)32-12-6-3-9-25(32)29-21-31-27-17-15-24(20-37(27)45-38(31)22-33(29)41)40-42-34-13-7-4-11-28(34)39(43-40)23-16-18-36-30(19-23)26-10-5-8-14-35(26)44-36/h3-22H,1-2H3. The molecule has 0 aliphatic heterocycles. The molecule has 10 rings (SSSR count). The van der Waals surface area contributed by atoms with Crippen molar-refractivity contribution in [3.05, 3.63) is 132 Å². The Kier molecular flexibility index (Phi) is 4.76. The third kappa shape index (κ3) is 3.42. The van der Waals surface area contributed by atoms with Crippen molar-refractivity contribution in [3.63, 3.8) is 0 Å². The van der Waals surface area contributed by atoms with Gasteiger partial charge in [0.05, 0.1) is 11.2 Å². The fourth-order valence-corrected chi connectivity index (χ4v) is 7.41. The van der Waals surface area contributed by atoms with Crippen molar-refractivity contribution in [2.75, 3.05) is 0 Å². The molecule has 3 aromatic heterocycles. The summed E-state index contributed by atoms with van der Waals surface area (Å²) >= 11 is 0. The average molecular weight is 579 g/mol. The molecule has 0 atom stereocenters. The number of fused-ring (bicyclic) bond motifs is 10. The first kappa shape index (κ1) is 24.7. The van der Waals surface area contributed by atoms with Crippen LogP contribution < -0.4 is 0 Å². The Bertz CT molecular complexity index is 2690. The van der Waals surface area contributed by atoms with Crippen molar-refractivity contribution in [2.24, 2.45) is 0 Å². The van der Waals surface area contributed by atoms with Gasteiger partial charge in [-0.1, -0.05) is 80.6 Å². The van der Waals surface area contributed by atoms with Crippen LogP contribution in [-0.4, -0.2) is 9.97 Å². The van der Waals surface area contributed by atoms with E-state index in [9.17, 15) is 0 Å². The highest BCUT2D eigenvalue weighted by Gasteiger charge is 2.36. The molecule has 0 N–H and O–H groups in total. The Morgan fingerprint density at radius 2 is 1.16 bits per heavy atom. The lowest BCUT2D eigenvalue weighted by Gasteiger charge is -2.21. The Morgan fingerprint density at radius 3 is 2.09 bits per heavy atom. The first-order valence-electron chi connectivity index (χ1n) is 15.3. The molecule has 0 amide bonds. The molecule has 4 heteroatoms. The van der Waals surface area contributed by atoms with Crippen molar-refractivity contribution in [1.82, 2.24) is 9.97 Å². The molecule has 0 fully saturated rings. The van der Waals surface area contributed by atoms with Crippen molar-refractivity contribution in [1.29, 1.82) is 0 Å². The summed E-state index contributed by atoms with van der Waals surface area (Å²) in [6.45, 7) is 4.59. The van der Waals surface area contributed by atoms with Crippen LogP contribution in [0.2, 0.25) is 0 Å². The summed E-state index contributed by atoms with van der Waals surface area (Å²) < 4.78 is 12.6. The largest absolute Gasteiger partial charge is 0.456 e. The molecule has 0 saturated carbocycles. The van der Waals surface area contributed by atoms with Crippen LogP contribution in [0.15, 0.2) is 130 Å². The highest BCUT2D eigenvalue weighted by atomic mass is 16.3. The minimum Gasteiger partial charge on any atom is -0.456 e. The van der Waals surface area contributed by atoms with Crippen LogP contribution in [0.3, 0.4) is 0 Å². The van der Waals surface area contributed by atoms with Crippen LogP contribution in [0.1, 0.15) is 25.0 Å². The molecule has 45 heavy (non-hydrogen) atoms. The van der Waals surface area contributed by atoms with Gasteiger partial charge in [-0.15, -0.1) is 0 Å². The van der Waals surface area contributed by atoms with Gasteiger partial charge in [0.1, 0.15) is 22.3 Å². The second-order valence-corrected chi connectivity index (χ2v) is 12.6. The van der Waals surface area contributed by atoms with E-state index in [2.05, 4.69) is 98.8 Å². The second kappa shape index (κ2) is 8.67. The van der Waals surface area contributed by atoms with E-state index in [0.717, 1.165) is 71.6 Å². The number of rotatable bonds is 2. The Hall–Kier alpha value is -5.74. The summed E-state index contributed by atoms with van der Waals surface area (Å²) in [5, 5.41) is 5.41. The topological polar surface area (TPSA) is 52.1 Å². The molecule has 212 valence electrons. The Morgan fingerprint density at radius 1 is 0.467 bits per heavy atom. The van der Waals surface area contributed by atoms with E-state index in [4.69, 9.17) is 18.8 Å². The van der Waals surface area contributed by atoms with Crippen molar-refractivity contribution < 1.29 is 8.83 Å². The quantitative estimate of drug-likeness (QED) is 0.205. The summed E-state index contributed by atoms with van der Waals surface area (Å²) in [6.07, 6.45) is 0. The maximum atomic E-state index is 6.55. The minimum absolute atomic E-state index is 0.0780. The van der Waals surface area contributed by atoms with Gasteiger partial charge in [-0.25, -0.2) is 9.97 Å². The smallest absolute Gasteiger partial charge is 0.160 e. The maximum Gasteiger partial charge on any atom is 0.160 e. The van der Waals surface area contributed by atoms with E-state index in [1.807, 2.05) is 36.4 Å². The second-order valence-electron chi connectivity index (χ2n) is 12.6. The maximum absolute atomic E-state index is 6.55. The normalized spacial score (nSPS) is 13.7. The molecule has 0 unspecified atom stereocenters. The van der Waals surface area contributed by atoms with E-state index >= 15 is 0 Å². The van der Waals surface area contributed by atoms with Gasteiger partial charge in [-0.2, -0.15) is 0 Å². The van der Waals surface area contributed by atoms with Gasteiger partial charge >= 0.3 is 0 Å². The first-order valence-corrected chi connectivity index (χ1v) is 15.3. The fraction of sp³-hybridized carbons (Fsp3) is 0.0732. The summed E-state index contributed by atoms with van der Waals surface area (Å²) in [5.74, 6) is 0.667. The van der Waals surface area contributed by atoms with Crippen LogP contribution in [0.25, 0.3) is 88.6 Å². The highest BCUT2D eigenvalue weighted by Crippen LogP contribution is 2.50. The zero-order valence-electron chi connectivity index (χ0n) is 24.8. The molecule has 9 aromatic rings. The lowest BCUT2D eigenvalue weighted by atomic mass is 9.82. The molecule has 0 spiro atoms. The van der Waals surface area contributed by atoms with Crippen molar-refractivity contribution in [3.8, 4) is 33.8 Å². The number of aromatic nitrogens is 2. The first-order chi connectivity index (χ1) is 22.0. The lowest BCUT2D eigenvalue weighted by Crippen LogP contribution is -2.14. The third-order valence-corrected chi connectivity index (χ3v) is 9.69. The van der Waals surface area contributed by atoms with Gasteiger partial charge in [0.2, 0.25) is 0 Å². The summed E-state index contributed by atoms with van der Waals surface area (Å²) in [5.41, 5.74) is 12.4. The Labute approximate surface area is 258 Å². The molecule has 0 bridgehead atoms. The molecule has 4 nitrogen and oxygen atoms in total. The average Bonchev–Trinajstić information content (AvgIpc) is 3.70. The number of hydrogen-bond donors (Lipinski definition) is 0. The number of para-hydroxylation sites is 2. The zero-order valence-corrected chi connectivity index (χ0v) is 24.8. The molecule has 3 heterocycles. The third-order valence-electron chi connectivity index (χ3n) is 9.69. The van der Waals surface area contributed by atoms with Gasteiger partial charge in [0.25, 0.3) is 0 Å². The molecule has 0 radical (unpaired) electrons. The lowest BCUT2D eigenvalue weighted by molar-refractivity contribution is 0.647. The summed E-state index contributed by atoms with van der Waals surface area (Å²) in [4.78, 5) is 10.2. The zero-order chi connectivity index (χ0) is 29.9. The molecular formula is C41H26N2O2. The molecule has 1 aliphatic rings. The van der Waals surface area contributed by atoms with Gasteiger partial charge < -0.3 is 8.83 Å². The van der Waals surface area contributed by atoms with Gasteiger partial charge in [0.15, 0.2) is 5.82 Å².